The van der Waals surface area contributed by atoms with Gasteiger partial charge in [-0.2, -0.15) is 0 Å². The van der Waals surface area contributed by atoms with Gasteiger partial charge in [0.15, 0.2) is 0 Å². The third-order valence-electron chi connectivity index (χ3n) is 9.85. The van der Waals surface area contributed by atoms with Crippen molar-refractivity contribution in [1.82, 2.24) is 0 Å². The number of nitrogens with zero attached hydrogens (tertiary/aromatic N) is 2. The molecule has 0 saturated heterocycles. The number of fused-ring (bicyclic) bond motifs is 3. The molecule has 2 nitrogen and oxygen atoms in total. The highest BCUT2D eigenvalue weighted by atomic mass is 15.3. The van der Waals surface area contributed by atoms with Crippen LogP contribution in [-0.4, -0.2) is 17.4 Å². The second kappa shape index (κ2) is 10.2. The zero-order chi connectivity index (χ0) is 29.0. The van der Waals surface area contributed by atoms with Crippen molar-refractivity contribution >= 4 is 38.6 Å². The first-order valence-electron chi connectivity index (χ1n) is 15.6. The summed E-state index contributed by atoms with van der Waals surface area (Å²) >= 11 is 0. The maximum atomic E-state index is 5.18. The summed E-state index contributed by atoms with van der Waals surface area (Å²) in [5, 5.41) is 5.33. The van der Waals surface area contributed by atoms with E-state index in [1.165, 1.54) is 60.6 Å². The molecule has 210 valence electrons. The molecule has 2 aliphatic carbocycles. The Morgan fingerprint density at radius 1 is 0.605 bits per heavy atom. The monoisotopic (exact) mass is 556 g/mol. The van der Waals surface area contributed by atoms with Crippen LogP contribution in [0.5, 0.6) is 0 Å². The van der Waals surface area contributed by atoms with Gasteiger partial charge in [0.25, 0.3) is 0 Å². The molecule has 2 heteroatoms. The van der Waals surface area contributed by atoms with Crippen LogP contribution in [0, 0.1) is 0 Å². The lowest BCUT2D eigenvalue weighted by atomic mass is 9.76. The number of hydrogen-bond acceptors (Lipinski definition) is 2. The van der Waals surface area contributed by atoms with Crippen molar-refractivity contribution < 1.29 is 0 Å². The standard InChI is InChI=1S/C41H36N2/c1-28-42-41(2)26-25-32(27-38(41)43(28)33-15-7-4-8-16-33)29-21-23-31(24-22-29)40-36-19-11-9-17-34(36)39(30-13-5-3-6-14-30)35-18-10-12-20-37(35)40/h3-21,23,27,38H,22,24-26H2,1-2H3. The molecule has 0 spiro atoms. The van der Waals surface area contributed by atoms with E-state index in [1.54, 1.807) is 0 Å². The molecule has 43 heavy (non-hydrogen) atoms. The number of amidine groups is 1. The van der Waals surface area contributed by atoms with E-state index in [4.69, 9.17) is 4.99 Å². The normalized spacial score (nSPS) is 21.7. The maximum absolute atomic E-state index is 5.18. The van der Waals surface area contributed by atoms with Gasteiger partial charge in [-0.05, 0) is 107 Å². The number of hydrogen-bond donors (Lipinski definition) is 0. The van der Waals surface area contributed by atoms with Gasteiger partial charge in [-0.25, -0.2) is 0 Å². The molecule has 0 amide bonds. The molecule has 0 fully saturated rings. The van der Waals surface area contributed by atoms with E-state index in [2.05, 4.69) is 146 Å². The number of para-hydroxylation sites is 1. The van der Waals surface area contributed by atoms with Crippen LogP contribution in [0.4, 0.5) is 5.69 Å². The minimum atomic E-state index is -0.0714. The molecular weight excluding hydrogens is 520 g/mol. The lowest BCUT2D eigenvalue weighted by Crippen LogP contribution is -2.46. The van der Waals surface area contributed by atoms with Crippen LogP contribution in [0.2, 0.25) is 0 Å². The Kier molecular flexibility index (Phi) is 6.19. The first-order chi connectivity index (χ1) is 21.1. The van der Waals surface area contributed by atoms with E-state index < -0.39 is 0 Å². The molecule has 5 aromatic carbocycles. The van der Waals surface area contributed by atoms with Crippen LogP contribution in [-0.2, 0) is 0 Å². The second-order valence-corrected chi connectivity index (χ2v) is 12.4. The van der Waals surface area contributed by atoms with Crippen molar-refractivity contribution in [2.24, 2.45) is 4.99 Å². The zero-order valence-corrected chi connectivity index (χ0v) is 24.9. The molecular formula is C41H36N2. The molecule has 1 aliphatic heterocycles. The Bertz CT molecular complexity index is 1940. The van der Waals surface area contributed by atoms with Gasteiger partial charge in [0.2, 0.25) is 0 Å². The molecule has 0 aromatic heterocycles. The molecule has 8 rings (SSSR count). The number of rotatable bonds is 4. The van der Waals surface area contributed by atoms with Crippen molar-refractivity contribution in [1.29, 1.82) is 0 Å². The Morgan fingerprint density at radius 3 is 1.74 bits per heavy atom. The number of allylic oxidation sites excluding steroid dienone is 5. The van der Waals surface area contributed by atoms with Gasteiger partial charge >= 0.3 is 0 Å². The molecule has 2 atom stereocenters. The predicted molar refractivity (Wildman–Crippen MR) is 184 cm³/mol. The zero-order valence-electron chi connectivity index (χ0n) is 24.9. The van der Waals surface area contributed by atoms with Crippen LogP contribution in [0.1, 0.15) is 45.1 Å². The SMILES string of the molecule is CC1=NC2(C)CCC(C3=CC=C(c4c5ccccc5c(-c5ccccc5)c5ccccc45)CC3)=CC2N1c1ccccc1. The largest absolute Gasteiger partial charge is 0.321 e. The number of benzene rings is 5. The van der Waals surface area contributed by atoms with Crippen molar-refractivity contribution in [2.45, 2.75) is 51.1 Å². The van der Waals surface area contributed by atoms with Crippen molar-refractivity contribution in [3.8, 4) is 11.1 Å². The Morgan fingerprint density at radius 2 is 1.14 bits per heavy atom. The highest BCUT2D eigenvalue weighted by Crippen LogP contribution is 2.46. The summed E-state index contributed by atoms with van der Waals surface area (Å²) in [5.74, 6) is 1.12. The van der Waals surface area contributed by atoms with E-state index in [1.807, 2.05) is 0 Å². The van der Waals surface area contributed by atoms with E-state index in [9.17, 15) is 0 Å². The first kappa shape index (κ1) is 26.0. The molecule has 3 aliphatic rings. The topological polar surface area (TPSA) is 15.6 Å². The predicted octanol–water partition coefficient (Wildman–Crippen LogP) is 10.5. The molecule has 0 N–H and O–H groups in total. The second-order valence-electron chi connectivity index (χ2n) is 12.4. The van der Waals surface area contributed by atoms with Gasteiger partial charge in [-0.1, -0.05) is 115 Å². The smallest absolute Gasteiger partial charge is 0.102 e. The summed E-state index contributed by atoms with van der Waals surface area (Å²) in [4.78, 5) is 7.63. The van der Waals surface area contributed by atoms with Crippen LogP contribution in [0.3, 0.4) is 0 Å². The van der Waals surface area contributed by atoms with Crippen LogP contribution < -0.4 is 4.90 Å². The quantitative estimate of drug-likeness (QED) is 0.201. The summed E-state index contributed by atoms with van der Waals surface area (Å²) in [6.45, 7) is 4.50. The summed E-state index contributed by atoms with van der Waals surface area (Å²) in [7, 11) is 0. The fourth-order valence-corrected chi connectivity index (χ4v) is 7.80. The van der Waals surface area contributed by atoms with Gasteiger partial charge < -0.3 is 4.90 Å². The van der Waals surface area contributed by atoms with Crippen molar-refractivity contribution in [2.75, 3.05) is 4.90 Å². The van der Waals surface area contributed by atoms with Gasteiger partial charge in [0.05, 0.1) is 11.6 Å². The molecule has 1 heterocycles. The van der Waals surface area contributed by atoms with E-state index in [0.717, 1.165) is 31.5 Å². The Labute approximate surface area is 254 Å². The van der Waals surface area contributed by atoms with Gasteiger partial charge in [0, 0.05) is 5.69 Å². The average molecular weight is 557 g/mol. The highest BCUT2D eigenvalue weighted by Gasteiger charge is 2.45. The summed E-state index contributed by atoms with van der Waals surface area (Å²) in [6, 6.07) is 39.8. The van der Waals surface area contributed by atoms with Crippen molar-refractivity contribution in [3.63, 3.8) is 0 Å². The third kappa shape index (κ3) is 4.28. The first-order valence-corrected chi connectivity index (χ1v) is 15.6. The molecule has 0 bridgehead atoms. The van der Waals surface area contributed by atoms with Crippen molar-refractivity contribution in [3.05, 3.63) is 144 Å². The van der Waals surface area contributed by atoms with Gasteiger partial charge in [-0.3, -0.25) is 4.99 Å². The number of aliphatic imine (C=N–C) groups is 1. The lowest BCUT2D eigenvalue weighted by Gasteiger charge is -2.38. The fourth-order valence-electron chi connectivity index (χ4n) is 7.80. The minimum Gasteiger partial charge on any atom is -0.321 e. The van der Waals surface area contributed by atoms with E-state index in [0.29, 0.717) is 0 Å². The summed E-state index contributed by atoms with van der Waals surface area (Å²) in [5.41, 5.74) is 9.56. The molecule has 0 saturated carbocycles. The molecule has 5 aromatic rings. The minimum absolute atomic E-state index is 0.0714. The van der Waals surface area contributed by atoms with Crippen LogP contribution >= 0.6 is 0 Å². The molecule has 2 unspecified atom stereocenters. The maximum Gasteiger partial charge on any atom is 0.102 e. The Hall–Kier alpha value is -4.69. The third-order valence-corrected chi connectivity index (χ3v) is 9.85. The van der Waals surface area contributed by atoms with E-state index in [-0.39, 0.29) is 11.6 Å². The van der Waals surface area contributed by atoms with Gasteiger partial charge in [-0.15, -0.1) is 0 Å². The highest BCUT2D eigenvalue weighted by molar-refractivity contribution is 6.18. The van der Waals surface area contributed by atoms with Crippen LogP contribution in [0.15, 0.2) is 144 Å². The Balaban J connectivity index is 1.22. The number of anilines is 1. The fraction of sp³-hybridized carbons (Fsp3) is 0.195. The van der Waals surface area contributed by atoms with Crippen LogP contribution in [0.25, 0.3) is 38.2 Å². The lowest BCUT2D eigenvalue weighted by molar-refractivity contribution is 0.399. The summed E-state index contributed by atoms with van der Waals surface area (Å²) in [6.07, 6.45) is 11.6. The van der Waals surface area contributed by atoms with Gasteiger partial charge in [0.1, 0.15) is 5.84 Å². The molecule has 0 radical (unpaired) electrons. The summed E-state index contributed by atoms with van der Waals surface area (Å²) < 4.78 is 0. The van der Waals surface area contributed by atoms with E-state index >= 15 is 0 Å². The average Bonchev–Trinajstić information content (AvgIpc) is 3.33.